The van der Waals surface area contributed by atoms with Crippen molar-refractivity contribution in [3.8, 4) is 22.3 Å². The molecule has 0 fully saturated rings. The maximum atomic E-state index is 4.10. The Morgan fingerprint density at radius 3 is 1.85 bits per heavy atom. The van der Waals surface area contributed by atoms with Crippen LogP contribution < -0.4 is 5.32 Å². The van der Waals surface area contributed by atoms with E-state index in [4.69, 9.17) is 0 Å². The molecule has 0 aromatic heterocycles. The summed E-state index contributed by atoms with van der Waals surface area (Å²) in [5.74, 6) is 0.209. The van der Waals surface area contributed by atoms with Crippen LogP contribution in [0.4, 0.5) is 0 Å². The highest BCUT2D eigenvalue weighted by molar-refractivity contribution is 6.22. The lowest BCUT2D eigenvalue weighted by atomic mass is 9.83. The van der Waals surface area contributed by atoms with E-state index in [0.29, 0.717) is 0 Å². The maximum absolute atomic E-state index is 4.10. The fraction of sp³-hybridized carbons (Fsp3) is 0.0870. The topological polar surface area (TPSA) is 12.0 Å². The zero-order chi connectivity index (χ0) is 31.9. The molecule has 0 radical (unpaired) electrons. The normalized spacial score (nSPS) is 15.1. The first-order valence-electron chi connectivity index (χ1n) is 16.5. The van der Waals surface area contributed by atoms with E-state index in [-0.39, 0.29) is 12.0 Å². The molecule has 0 aliphatic carbocycles. The molecule has 1 N–H and O–H groups in total. The molecule has 226 valence electrons. The van der Waals surface area contributed by atoms with Crippen molar-refractivity contribution in [2.24, 2.45) is 5.92 Å². The van der Waals surface area contributed by atoms with Crippen LogP contribution >= 0.6 is 0 Å². The fourth-order valence-corrected chi connectivity index (χ4v) is 7.37. The van der Waals surface area contributed by atoms with Crippen molar-refractivity contribution in [1.29, 1.82) is 0 Å². The molecule has 0 bridgehead atoms. The van der Waals surface area contributed by atoms with Crippen molar-refractivity contribution in [3.63, 3.8) is 0 Å². The molecule has 2 atom stereocenters. The van der Waals surface area contributed by atoms with E-state index in [1.165, 1.54) is 82.2 Å². The minimum absolute atomic E-state index is 0.0500. The van der Waals surface area contributed by atoms with Gasteiger partial charge in [-0.2, -0.15) is 0 Å². The molecule has 7 aromatic rings. The molecule has 0 amide bonds. The Labute approximate surface area is 276 Å². The van der Waals surface area contributed by atoms with E-state index in [0.717, 1.165) is 6.42 Å². The third-order valence-corrected chi connectivity index (χ3v) is 9.74. The average molecular weight is 604 g/mol. The molecule has 1 aliphatic heterocycles. The van der Waals surface area contributed by atoms with E-state index in [2.05, 4.69) is 165 Å². The van der Waals surface area contributed by atoms with Crippen LogP contribution in [0.15, 0.2) is 171 Å². The number of benzene rings is 7. The molecule has 0 saturated heterocycles. The van der Waals surface area contributed by atoms with Crippen molar-refractivity contribution < 1.29 is 0 Å². The third-order valence-electron chi connectivity index (χ3n) is 9.74. The van der Waals surface area contributed by atoms with Crippen LogP contribution in [0, 0.1) is 12.8 Å². The van der Waals surface area contributed by atoms with Crippen LogP contribution in [0.25, 0.3) is 65.3 Å². The summed E-state index contributed by atoms with van der Waals surface area (Å²) in [4.78, 5) is 0. The molecular formula is C46H37N. The first-order valence-corrected chi connectivity index (χ1v) is 16.5. The van der Waals surface area contributed by atoms with E-state index in [1.54, 1.807) is 0 Å². The van der Waals surface area contributed by atoms with E-state index in [9.17, 15) is 0 Å². The minimum Gasteiger partial charge on any atom is -0.378 e. The van der Waals surface area contributed by atoms with E-state index < -0.39 is 0 Å². The predicted molar refractivity (Wildman–Crippen MR) is 204 cm³/mol. The molecule has 8 rings (SSSR count). The summed E-state index contributed by atoms with van der Waals surface area (Å²) in [5.41, 5.74) is 8.69. The van der Waals surface area contributed by atoms with Crippen molar-refractivity contribution in [3.05, 3.63) is 182 Å². The van der Waals surface area contributed by atoms with Crippen LogP contribution in [-0.4, -0.2) is 0 Å². The minimum atomic E-state index is 0.0500. The molecule has 1 heteroatoms. The molecule has 1 heterocycles. The lowest BCUT2D eigenvalue weighted by Crippen LogP contribution is -2.25. The number of hydrogen-bond donors (Lipinski definition) is 1. The Morgan fingerprint density at radius 2 is 1.23 bits per heavy atom. The zero-order valence-corrected chi connectivity index (χ0v) is 26.7. The van der Waals surface area contributed by atoms with Gasteiger partial charge in [-0.15, -0.1) is 13.2 Å². The van der Waals surface area contributed by atoms with Gasteiger partial charge in [0.15, 0.2) is 0 Å². The van der Waals surface area contributed by atoms with Gasteiger partial charge in [-0.1, -0.05) is 133 Å². The van der Waals surface area contributed by atoms with E-state index in [1.807, 2.05) is 12.2 Å². The highest BCUT2D eigenvalue weighted by Gasteiger charge is 2.21. The molecule has 0 spiro atoms. The number of aryl methyl sites for hydroxylation is 1. The third kappa shape index (κ3) is 5.15. The van der Waals surface area contributed by atoms with Crippen molar-refractivity contribution in [2.45, 2.75) is 19.4 Å². The van der Waals surface area contributed by atoms with Gasteiger partial charge < -0.3 is 5.32 Å². The van der Waals surface area contributed by atoms with Gasteiger partial charge in [0.1, 0.15) is 0 Å². The lowest BCUT2D eigenvalue weighted by molar-refractivity contribution is 0.611. The van der Waals surface area contributed by atoms with Crippen LogP contribution in [0.1, 0.15) is 23.6 Å². The molecule has 2 unspecified atom stereocenters. The lowest BCUT2D eigenvalue weighted by Gasteiger charge is -2.27. The van der Waals surface area contributed by atoms with Crippen molar-refractivity contribution in [2.75, 3.05) is 0 Å². The largest absolute Gasteiger partial charge is 0.378 e. The Balaban J connectivity index is 1.41. The number of hydrogen-bond acceptors (Lipinski definition) is 1. The average Bonchev–Trinajstić information content (AvgIpc) is 3.12. The second-order valence-corrected chi connectivity index (χ2v) is 12.7. The number of dihydropyridines is 1. The van der Waals surface area contributed by atoms with Crippen LogP contribution in [0.3, 0.4) is 0 Å². The Morgan fingerprint density at radius 1 is 0.638 bits per heavy atom. The molecule has 1 aliphatic rings. The van der Waals surface area contributed by atoms with Crippen molar-refractivity contribution >= 4 is 43.1 Å². The van der Waals surface area contributed by atoms with Crippen LogP contribution in [0.5, 0.6) is 0 Å². The van der Waals surface area contributed by atoms with E-state index >= 15 is 0 Å². The Hall–Kier alpha value is -5.66. The summed E-state index contributed by atoms with van der Waals surface area (Å²) in [6.45, 7) is 10.3. The number of nitrogens with one attached hydrogen (secondary N) is 1. The molecule has 47 heavy (non-hydrogen) atoms. The Kier molecular flexibility index (Phi) is 7.31. The zero-order valence-electron chi connectivity index (χ0n) is 26.7. The van der Waals surface area contributed by atoms with Crippen LogP contribution in [0.2, 0.25) is 0 Å². The van der Waals surface area contributed by atoms with Gasteiger partial charge in [0, 0.05) is 11.6 Å². The maximum Gasteiger partial charge on any atom is 0.0698 e. The summed E-state index contributed by atoms with van der Waals surface area (Å²) in [5, 5.41) is 13.9. The van der Waals surface area contributed by atoms with Gasteiger partial charge in [-0.05, 0) is 109 Å². The highest BCUT2D eigenvalue weighted by Crippen LogP contribution is 2.46. The summed E-state index contributed by atoms with van der Waals surface area (Å²) >= 11 is 0. The SMILES string of the molecule is C=CCC(C=C)C1=CC=CC(c2ccc3c(-c4ccc5ccccc5c4)c4cc(C)ccc4c(-c4ccc5ccccc5c4)c3c2)N1. The van der Waals surface area contributed by atoms with Crippen LogP contribution in [-0.2, 0) is 0 Å². The molecular weight excluding hydrogens is 567 g/mol. The second kappa shape index (κ2) is 11.9. The smallest absolute Gasteiger partial charge is 0.0698 e. The van der Waals surface area contributed by atoms with Gasteiger partial charge in [0.2, 0.25) is 0 Å². The molecule has 1 nitrogen and oxygen atoms in total. The predicted octanol–water partition coefficient (Wildman–Crippen LogP) is 12.4. The number of fused-ring (bicyclic) bond motifs is 4. The number of allylic oxidation sites excluding steroid dienone is 4. The summed E-state index contributed by atoms with van der Waals surface area (Å²) < 4.78 is 0. The summed E-state index contributed by atoms with van der Waals surface area (Å²) in [6.07, 6.45) is 11.4. The summed E-state index contributed by atoms with van der Waals surface area (Å²) in [7, 11) is 0. The monoisotopic (exact) mass is 603 g/mol. The molecule has 0 saturated carbocycles. The van der Waals surface area contributed by atoms with Crippen molar-refractivity contribution in [1.82, 2.24) is 5.32 Å². The fourth-order valence-electron chi connectivity index (χ4n) is 7.37. The van der Waals surface area contributed by atoms with Gasteiger partial charge in [-0.3, -0.25) is 0 Å². The van der Waals surface area contributed by atoms with Gasteiger partial charge in [-0.25, -0.2) is 0 Å². The van der Waals surface area contributed by atoms with Gasteiger partial charge in [0.25, 0.3) is 0 Å². The highest BCUT2D eigenvalue weighted by atomic mass is 14.9. The quantitative estimate of drug-likeness (QED) is 0.141. The summed E-state index contributed by atoms with van der Waals surface area (Å²) in [6, 6.07) is 45.2. The van der Waals surface area contributed by atoms with Gasteiger partial charge in [0.05, 0.1) is 6.04 Å². The second-order valence-electron chi connectivity index (χ2n) is 12.7. The Bertz CT molecular complexity index is 2420. The standard InChI is InChI=1S/C46H37N/c1-4-11-31(5-2)43-16-10-17-44(47-43)36-23-25-40-42(29-36)46(38-22-20-33-13-7-9-15-35(33)28-38)39-24-18-30(3)26-41(39)45(40)37-21-19-32-12-6-8-14-34(32)27-37/h4-10,12-29,31,44,47H,1-2,11H2,3H3. The first-order chi connectivity index (χ1) is 23.1. The van der Waals surface area contributed by atoms with Gasteiger partial charge >= 0.3 is 0 Å². The first kappa shape index (κ1) is 28.8. The number of rotatable bonds is 7. The molecule has 7 aromatic carbocycles.